The SMILES string of the molecule is O=C(O)C1CN(C(=O)Nc2ccsc2)Cc2ccccc21. The number of nitrogens with zero attached hydrogens (tertiary/aromatic N) is 1. The molecule has 1 aromatic carbocycles. The number of carbonyl (C=O) groups excluding carboxylic acids is 1. The van der Waals surface area contributed by atoms with Gasteiger partial charge in [0.2, 0.25) is 0 Å². The van der Waals surface area contributed by atoms with E-state index >= 15 is 0 Å². The number of hydrogen-bond acceptors (Lipinski definition) is 3. The van der Waals surface area contributed by atoms with Crippen LogP contribution in [0.25, 0.3) is 0 Å². The fraction of sp³-hybridized carbons (Fsp3) is 0.200. The Balaban J connectivity index is 1.82. The first kappa shape index (κ1) is 13.6. The Bertz CT molecular complexity index is 669. The van der Waals surface area contributed by atoms with Crippen molar-refractivity contribution in [1.29, 1.82) is 0 Å². The molecule has 1 aromatic heterocycles. The zero-order valence-electron chi connectivity index (χ0n) is 11.2. The highest BCUT2D eigenvalue weighted by atomic mass is 32.1. The quantitative estimate of drug-likeness (QED) is 0.896. The van der Waals surface area contributed by atoms with E-state index in [0.717, 1.165) is 16.8 Å². The van der Waals surface area contributed by atoms with E-state index in [1.54, 1.807) is 4.90 Å². The van der Waals surface area contributed by atoms with Crippen molar-refractivity contribution in [3.05, 3.63) is 52.2 Å². The summed E-state index contributed by atoms with van der Waals surface area (Å²) in [5, 5.41) is 15.9. The van der Waals surface area contributed by atoms with Crippen LogP contribution >= 0.6 is 11.3 Å². The first-order valence-electron chi connectivity index (χ1n) is 6.54. The number of carboxylic acid groups (broad SMARTS) is 1. The van der Waals surface area contributed by atoms with Gasteiger partial charge in [-0.25, -0.2) is 4.79 Å². The molecule has 1 aliphatic rings. The normalized spacial score (nSPS) is 17.1. The summed E-state index contributed by atoms with van der Waals surface area (Å²) in [5.74, 6) is -1.58. The molecule has 0 fully saturated rings. The van der Waals surface area contributed by atoms with Crippen molar-refractivity contribution in [1.82, 2.24) is 4.90 Å². The molecule has 2 heterocycles. The molecule has 0 radical (unpaired) electrons. The lowest BCUT2D eigenvalue weighted by atomic mass is 9.90. The number of aliphatic carboxylic acids is 1. The number of carbonyl (C=O) groups is 2. The number of carboxylic acids is 1. The van der Waals surface area contributed by atoms with Gasteiger partial charge in [-0.05, 0) is 22.6 Å². The van der Waals surface area contributed by atoms with E-state index in [1.807, 2.05) is 41.1 Å². The van der Waals surface area contributed by atoms with Gasteiger partial charge in [0.05, 0.1) is 11.6 Å². The van der Waals surface area contributed by atoms with Crippen molar-refractivity contribution in [3.8, 4) is 0 Å². The van der Waals surface area contributed by atoms with E-state index in [4.69, 9.17) is 0 Å². The molecule has 0 bridgehead atoms. The molecule has 2 N–H and O–H groups in total. The summed E-state index contributed by atoms with van der Waals surface area (Å²) >= 11 is 1.49. The molecule has 1 aliphatic heterocycles. The summed E-state index contributed by atoms with van der Waals surface area (Å²) in [6.07, 6.45) is 0. The smallest absolute Gasteiger partial charge is 0.322 e. The molecule has 6 heteroatoms. The Morgan fingerprint density at radius 1 is 1.29 bits per heavy atom. The second-order valence-electron chi connectivity index (χ2n) is 4.91. The molecule has 1 unspecified atom stereocenters. The van der Waals surface area contributed by atoms with Gasteiger partial charge in [-0.1, -0.05) is 24.3 Å². The predicted octanol–water partition coefficient (Wildman–Crippen LogP) is 2.96. The molecule has 0 saturated carbocycles. The van der Waals surface area contributed by atoms with Crippen molar-refractivity contribution in [3.63, 3.8) is 0 Å². The fourth-order valence-corrected chi connectivity index (χ4v) is 3.10. The van der Waals surface area contributed by atoms with Gasteiger partial charge < -0.3 is 15.3 Å². The van der Waals surface area contributed by atoms with Crippen molar-refractivity contribution in [2.45, 2.75) is 12.5 Å². The summed E-state index contributed by atoms with van der Waals surface area (Å²) in [7, 11) is 0. The molecule has 5 nitrogen and oxygen atoms in total. The van der Waals surface area contributed by atoms with Crippen LogP contribution in [0.15, 0.2) is 41.1 Å². The second kappa shape index (κ2) is 5.57. The van der Waals surface area contributed by atoms with Crippen LogP contribution in [0.1, 0.15) is 17.0 Å². The Morgan fingerprint density at radius 3 is 2.81 bits per heavy atom. The van der Waals surface area contributed by atoms with Crippen LogP contribution in [-0.4, -0.2) is 28.6 Å². The molecule has 2 aromatic rings. The average molecular weight is 302 g/mol. The monoisotopic (exact) mass is 302 g/mol. The number of fused-ring (bicyclic) bond motifs is 1. The Labute approximate surface area is 125 Å². The van der Waals surface area contributed by atoms with Crippen LogP contribution in [0.2, 0.25) is 0 Å². The van der Waals surface area contributed by atoms with Crippen LogP contribution in [0.3, 0.4) is 0 Å². The first-order valence-corrected chi connectivity index (χ1v) is 7.48. The van der Waals surface area contributed by atoms with Crippen LogP contribution in [0.4, 0.5) is 10.5 Å². The summed E-state index contributed by atoms with van der Waals surface area (Å²) < 4.78 is 0. The highest BCUT2D eigenvalue weighted by Gasteiger charge is 2.32. The maximum atomic E-state index is 12.3. The average Bonchev–Trinajstić information content (AvgIpc) is 2.98. The van der Waals surface area contributed by atoms with Crippen LogP contribution in [-0.2, 0) is 11.3 Å². The Morgan fingerprint density at radius 2 is 2.10 bits per heavy atom. The molecular weight excluding hydrogens is 288 g/mol. The van der Waals surface area contributed by atoms with E-state index in [9.17, 15) is 14.7 Å². The first-order chi connectivity index (χ1) is 10.1. The fourth-order valence-electron chi connectivity index (χ4n) is 2.51. The number of urea groups is 1. The van der Waals surface area contributed by atoms with Gasteiger partial charge >= 0.3 is 12.0 Å². The van der Waals surface area contributed by atoms with Gasteiger partial charge in [-0.15, -0.1) is 0 Å². The number of thiophene rings is 1. The number of amides is 2. The van der Waals surface area contributed by atoms with E-state index in [-0.39, 0.29) is 12.6 Å². The Kier molecular flexibility index (Phi) is 3.62. The van der Waals surface area contributed by atoms with Crippen LogP contribution in [0.5, 0.6) is 0 Å². The minimum Gasteiger partial charge on any atom is -0.481 e. The van der Waals surface area contributed by atoms with E-state index in [2.05, 4.69) is 5.32 Å². The second-order valence-corrected chi connectivity index (χ2v) is 5.69. The van der Waals surface area contributed by atoms with E-state index in [1.165, 1.54) is 11.3 Å². The number of anilines is 1. The lowest BCUT2D eigenvalue weighted by Crippen LogP contribution is -2.42. The molecule has 108 valence electrons. The third kappa shape index (κ3) is 2.75. The summed E-state index contributed by atoms with van der Waals surface area (Å²) in [6.45, 7) is 0.609. The zero-order valence-corrected chi connectivity index (χ0v) is 12.0. The minimum absolute atomic E-state index is 0.183. The van der Waals surface area contributed by atoms with Gasteiger partial charge in [-0.3, -0.25) is 4.79 Å². The van der Waals surface area contributed by atoms with Crippen molar-refractivity contribution in [2.75, 3.05) is 11.9 Å². The lowest BCUT2D eigenvalue weighted by molar-refractivity contribution is -0.139. The molecule has 2 amide bonds. The third-order valence-electron chi connectivity index (χ3n) is 3.55. The molecule has 1 atom stereocenters. The lowest BCUT2D eigenvalue weighted by Gasteiger charge is -2.32. The summed E-state index contributed by atoms with van der Waals surface area (Å²) in [6, 6.07) is 8.93. The molecule has 0 saturated heterocycles. The molecule has 3 rings (SSSR count). The maximum absolute atomic E-state index is 12.3. The topological polar surface area (TPSA) is 69.6 Å². The number of hydrogen-bond donors (Lipinski definition) is 2. The van der Waals surface area contributed by atoms with Crippen LogP contribution in [0, 0.1) is 0 Å². The summed E-state index contributed by atoms with van der Waals surface area (Å²) in [4.78, 5) is 25.3. The standard InChI is InChI=1S/C15H14N2O3S/c18-14(19)13-8-17(7-10-3-1-2-4-12(10)13)15(20)16-11-5-6-21-9-11/h1-6,9,13H,7-8H2,(H,16,20)(H,18,19). The number of nitrogens with one attached hydrogen (secondary N) is 1. The highest BCUT2D eigenvalue weighted by Crippen LogP contribution is 2.29. The van der Waals surface area contributed by atoms with Gasteiger partial charge in [0.25, 0.3) is 0 Å². The maximum Gasteiger partial charge on any atom is 0.322 e. The van der Waals surface area contributed by atoms with Crippen molar-refractivity contribution in [2.24, 2.45) is 0 Å². The van der Waals surface area contributed by atoms with Gasteiger partial charge in [0, 0.05) is 18.5 Å². The minimum atomic E-state index is -0.907. The van der Waals surface area contributed by atoms with Gasteiger partial charge in [0.1, 0.15) is 0 Å². The zero-order chi connectivity index (χ0) is 14.8. The molecule has 0 aliphatic carbocycles. The van der Waals surface area contributed by atoms with Crippen LogP contribution < -0.4 is 5.32 Å². The number of benzene rings is 1. The molecule has 21 heavy (non-hydrogen) atoms. The van der Waals surface area contributed by atoms with Crippen molar-refractivity contribution < 1.29 is 14.7 Å². The Hall–Kier alpha value is -2.34. The molecule has 0 spiro atoms. The summed E-state index contributed by atoms with van der Waals surface area (Å²) in [5.41, 5.74) is 2.41. The predicted molar refractivity (Wildman–Crippen MR) is 80.6 cm³/mol. The van der Waals surface area contributed by atoms with Gasteiger partial charge in [-0.2, -0.15) is 11.3 Å². The van der Waals surface area contributed by atoms with E-state index in [0.29, 0.717) is 6.54 Å². The largest absolute Gasteiger partial charge is 0.481 e. The van der Waals surface area contributed by atoms with E-state index < -0.39 is 11.9 Å². The molecular formula is C15H14N2O3S. The highest BCUT2D eigenvalue weighted by molar-refractivity contribution is 7.08. The number of rotatable bonds is 2. The van der Waals surface area contributed by atoms with Crippen molar-refractivity contribution >= 4 is 29.0 Å². The van der Waals surface area contributed by atoms with Gasteiger partial charge in [0.15, 0.2) is 0 Å². The third-order valence-corrected chi connectivity index (χ3v) is 4.24.